The van der Waals surface area contributed by atoms with Crippen LogP contribution in [0.25, 0.3) is 0 Å². The van der Waals surface area contributed by atoms with Crippen molar-refractivity contribution in [2.45, 2.75) is 27.2 Å². The van der Waals surface area contributed by atoms with E-state index in [0.717, 1.165) is 18.3 Å². The maximum absolute atomic E-state index is 11.3. The quantitative estimate of drug-likeness (QED) is 0.443. The van der Waals surface area contributed by atoms with Crippen molar-refractivity contribution in [2.24, 2.45) is 5.41 Å². The molecule has 0 unspecified atom stereocenters. The molecule has 0 saturated carbocycles. The molecule has 1 aliphatic carbocycles. The van der Waals surface area contributed by atoms with Gasteiger partial charge in [-0.1, -0.05) is 19.4 Å². The third-order valence-corrected chi connectivity index (χ3v) is 2.22. The van der Waals surface area contributed by atoms with E-state index in [4.69, 9.17) is 5.11 Å². The summed E-state index contributed by atoms with van der Waals surface area (Å²) in [6, 6.07) is 0. The minimum absolute atomic E-state index is 0.0637. The van der Waals surface area contributed by atoms with Gasteiger partial charge in [0.2, 0.25) is 0 Å². The fourth-order valence-electron chi connectivity index (χ4n) is 1.72. The van der Waals surface area contributed by atoms with Gasteiger partial charge >= 0.3 is 0 Å². The predicted octanol–water partition coefficient (Wildman–Crippen LogP) is 2.37. The average Bonchev–Trinajstić information content (AvgIpc) is 1.82. The minimum Gasteiger partial charge on any atom is -0.515 e. The maximum Gasteiger partial charge on any atom is 0.185 e. The first-order chi connectivity index (χ1) is 5.47. The molecule has 0 fully saturated rings. The number of carbonyl (C=O) groups excluding carboxylic acids is 1. The van der Waals surface area contributed by atoms with E-state index in [1.807, 2.05) is 20.8 Å². The van der Waals surface area contributed by atoms with Gasteiger partial charge in [0.1, 0.15) is 0 Å². The van der Waals surface area contributed by atoms with Crippen LogP contribution in [0.1, 0.15) is 27.2 Å². The molecule has 1 rings (SSSR count). The van der Waals surface area contributed by atoms with Crippen molar-refractivity contribution >= 4 is 5.78 Å². The van der Waals surface area contributed by atoms with Gasteiger partial charge in [-0.05, 0) is 19.4 Å². The molecule has 0 amide bonds. The van der Waals surface area contributed by atoms with Crippen LogP contribution < -0.4 is 0 Å². The molecular formula is C10H14O2. The molecule has 0 bridgehead atoms. The zero-order valence-corrected chi connectivity index (χ0v) is 7.72. The van der Waals surface area contributed by atoms with E-state index in [2.05, 4.69) is 0 Å². The summed E-state index contributed by atoms with van der Waals surface area (Å²) in [5, 5.41) is 8.87. The topological polar surface area (TPSA) is 37.3 Å². The van der Waals surface area contributed by atoms with Gasteiger partial charge in [0, 0.05) is 11.0 Å². The van der Waals surface area contributed by atoms with Gasteiger partial charge in [-0.15, -0.1) is 0 Å². The van der Waals surface area contributed by atoms with Crippen molar-refractivity contribution in [2.75, 3.05) is 0 Å². The van der Waals surface area contributed by atoms with Crippen LogP contribution in [0.4, 0.5) is 0 Å². The normalized spacial score (nSPS) is 25.8. The molecule has 1 N–H and O–H groups in total. The first-order valence-corrected chi connectivity index (χ1v) is 4.04. The Hall–Kier alpha value is -1.05. The molecule has 2 nitrogen and oxygen atoms in total. The highest BCUT2D eigenvalue weighted by atomic mass is 16.2. The molecule has 2 heteroatoms. The first-order valence-electron chi connectivity index (χ1n) is 4.04. The van der Waals surface area contributed by atoms with Crippen LogP contribution in [-0.4, -0.2) is 10.9 Å². The van der Waals surface area contributed by atoms with Gasteiger partial charge < -0.3 is 5.11 Å². The lowest BCUT2D eigenvalue weighted by Gasteiger charge is -2.29. The Morgan fingerprint density at radius 2 is 2.17 bits per heavy atom. The number of hydrogen-bond acceptors (Lipinski definition) is 2. The van der Waals surface area contributed by atoms with E-state index in [9.17, 15) is 4.79 Å². The fourth-order valence-corrected chi connectivity index (χ4v) is 1.72. The van der Waals surface area contributed by atoms with Crippen LogP contribution in [0.15, 0.2) is 23.5 Å². The maximum atomic E-state index is 11.3. The lowest BCUT2D eigenvalue weighted by molar-refractivity contribution is -0.112. The molecule has 0 heterocycles. The number of ketones is 1. The molecule has 0 spiro atoms. The standard InChI is InChI=1S/C10H14O2/c1-7-4-9(12)8(6-11)10(2,3)5-7/h4,6,11H,5H2,1-3H3/b8-6+. The molecule has 12 heavy (non-hydrogen) atoms. The number of carbonyl (C=O) groups is 1. The van der Waals surface area contributed by atoms with Crippen molar-refractivity contribution in [1.29, 1.82) is 0 Å². The van der Waals surface area contributed by atoms with Gasteiger partial charge in [-0.3, -0.25) is 4.79 Å². The predicted molar refractivity (Wildman–Crippen MR) is 47.9 cm³/mol. The lowest BCUT2D eigenvalue weighted by Crippen LogP contribution is -2.25. The SMILES string of the molecule is CC1=CC(=O)/C(=C\O)C(C)(C)C1. The summed E-state index contributed by atoms with van der Waals surface area (Å²) in [7, 11) is 0. The summed E-state index contributed by atoms with van der Waals surface area (Å²) in [4.78, 5) is 11.3. The first kappa shape index (κ1) is 9.04. The van der Waals surface area contributed by atoms with Crippen molar-refractivity contribution < 1.29 is 9.90 Å². The van der Waals surface area contributed by atoms with Crippen molar-refractivity contribution in [3.63, 3.8) is 0 Å². The molecule has 0 aromatic heterocycles. The number of rotatable bonds is 0. The number of aliphatic hydroxyl groups is 1. The van der Waals surface area contributed by atoms with E-state index in [1.54, 1.807) is 6.08 Å². The van der Waals surface area contributed by atoms with E-state index < -0.39 is 0 Å². The van der Waals surface area contributed by atoms with Crippen LogP contribution in [0, 0.1) is 5.41 Å². The second-order valence-corrected chi connectivity index (χ2v) is 3.96. The van der Waals surface area contributed by atoms with Crippen LogP contribution in [0.2, 0.25) is 0 Å². The highest BCUT2D eigenvalue weighted by Gasteiger charge is 2.31. The van der Waals surface area contributed by atoms with Crippen LogP contribution >= 0.6 is 0 Å². The zero-order chi connectivity index (χ0) is 9.35. The molecule has 1 aliphatic rings. The number of aliphatic hydroxyl groups excluding tert-OH is 1. The summed E-state index contributed by atoms with van der Waals surface area (Å²) in [6.07, 6.45) is 3.36. The fraction of sp³-hybridized carbons (Fsp3) is 0.500. The van der Waals surface area contributed by atoms with E-state index in [1.165, 1.54) is 0 Å². The average molecular weight is 166 g/mol. The summed E-state index contributed by atoms with van der Waals surface area (Å²) < 4.78 is 0. The second-order valence-electron chi connectivity index (χ2n) is 3.96. The molecule has 0 atom stereocenters. The Morgan fingerprint density at radius 1 is 1.58 bits per heavy atom. The molecule has 66 valence electrons. The monoisotopic (exact) mass is 166 g/mol. The highest BCUT2D eigenvalue weighted by Crippen LogP contribution is 2.37. The Balaban J connectivity index is 3.12. The molecule has 0 radical (unpaired) electrons. The van der Waals surface area contributed by atoms with E-state index >= 15 is 0 Å². The Labute approximate surface area is 72.6 Å². The minimum atomic E-state index is -0.218. The van der Waals surface area contributed by atoms with Crippen molar-refractivity contribution in [3.05, 3.63) is 23.5 Å². The Kier molecular flexibility index (Phi) is 2.09. The van der Waals surface area contributed by atoms with Crippen molar-refractivity contribution in [3.8, 4) is 0 Å². The lowest BCUT2D eigenvalue weighted by atomic mass is 9.73. The number of allylic oxidation sites excluding steroid dienone is 3. The molecule has 0 aromatic rings. The van der Waals surface area contributed by atoms with Gasteiger partial charge in [-0.25, -0.2) is 0 Å². The highest BCUT2D eigenvalue weighted by molar-refractivity contribution is 6.06. The summed E-state index contributed by atoms with van der Waals surface area (Å²) in [5.41, 5.74) is 1.37. The summed E-state index contributed by atoms with van der Waals surface area (Å²) in [6.45, 7) is 5.86. The van der Waals surface area contributed by atoms with E-state index in [-0.39, 0.29) is 11.2 Å². The van der Waals surface area contributed by atoms with Crippen LogP contribution in [0.3, 0.4) is 0 Å². The molecule has 0 aliphatic heterocycles. The third-order valence-electron chi connectivity index (χ3n) is 2.22. The summed E-state index contributed by atoms with van der Waals surface area (Å²) >= 11 is 0. The zero-order valence-electron chi connectivity index (χ0n) is 7.72. The van der Waals surface area contributed by atoms with Crippen LogP contribution in [-0.2, 0) is 4.79 Å². The van der Waals surface area contributed by atoms with Gasteiger partial charge in [-0.2, -0.15) is 0 Å². The van der Waals surface area contributed by atoms with Gasteiger partial charge in [0.25, 0.3) is 0 Å². The van der Waals surface area contributed by atoms with Gasteiger partial charge in [0.05, 0.1) is 6.26 Å². The molecule has 0 aromatic carbocycles. The smallest absolute Gasteiger partial charge is 0.185 e. The van der Waals surface area contributed by atoms with Crippen molar-refractivity contribution in [1.82, 2.24) is 0 Å². The van der Waals surface area contributed by atoms with Crippen LogP contribution in [0.5, 0.6) is 0 Å². The molecule has 0 saturated heterocycles. The van der Waals surface area contributed by atoms with E-state index in [0.29, 0.717) is 5.57 Å². The third kappa shape index (κ3) is 1.42. The Morgan fingerprint density at radius 3 is 2.58 bits per heavy atom. The van der Waals surface area contributed by atoms with Gasteiger partial charge in [0.15, 0.2) is 5.78 Å². The largest absolute Gasteiger partial charge is 0.515 e. The Bertz CT molecular complexity index is 270. The number of hydrogen-bond donors (Lipinski definition) is 1. The second kappa shape index (κ2) is 2.77. The molecular weight excluding hydrogens is 152 g/mol. The summed E-state index contributed by atoms with van der Waals surface area (Å²) in [5.74, 6) is -0.0637.